The maximum atomic E-state index is 12.1. The van der Waals surface area contributed by atoms with E-state index in [1.807, 2.05) is 36.4 Å². The second kappa shape index (κ2) is 12.0. The predicted molar refractivity (Wildman–Crippen MR) is 160 cm³/mol. The summed E-state index contributed by atoms with van der Waals surface area (Å²) in [6.07, 6.45) is 3.97. The number of hydrogen-bond acceptors (Lipinski definition) is 3. The van der Waals surface area contributed by atoms with Crippen LogP contribution in [-0.4, -0.2) is 8.42 Å². The number of aryl methyl sites for hydroxylation is 1. The fourth-order valence-corrected chi connectivity index (χ4v) is 5.79. The van der Waals surface area contributed by atoms with Gasteiger partial charge in [0.25, 0.3) is 0 Å². The number of allylic oxidation sites excluding steroid dienone is 1. The number of rotatable bonds is 9. The van der Waals surface area contributed by atoms with Gasteiger partial charge in [0.05, 0.1) is 4.90 Å². The summed E-state index contributed by atoms with van der Waals surface area (Å²) in [6, 6.07) is 29.2. The molecule has 4 rings (SSSR count). The minimum absolute atomic E-state index is 0.109. The predicted octanol–water partition coefficient (Wildman–Crippen LogP) is 8.37. The summed E-state index contributed by atoms with van der Waals surface area (Å²) in [7, 11) is -3.84. The van der Waals surface area contributed by atoms with Gasteiger partial charge in [-0.2, -0.15) is 0 Å². The molecule has 0 amide bonds. The summed E-state index contributed by atoms with van der Waals surface area (Å²) in [6.45, 7) is 6.44. The standard InChI is InChI=1S/C32H33ClN2O2S/c1-4-9-31(30-21-25(33)16-19-29(30)27(5-2)24-11-8-10-22(3)20-24)35-26-17-14-23(15-18-26)28-12-6-7-13-32(28)38(34,36)37/h6-21,27,35H,4-5H2,1-3H3,(H2,34,36,37). The highest BCUT2D eigenvalue weighted by Crippen LogP contribution is 2.36. The molecule has 6 heteroatoms. The molecule has 4 aromatic rings. The van der Waals surface area contributed by atoms with Crippen molar-refractivity contribution in [1.82, 2.24) is 0 Å². The maximum absolute atomic E-state index is 12.1. The molecule has 0 spiro atoms. The average molecular weight is 545 g/mol. The Morgan fingerprint density at radius 1 is 0.947 bits per heavy atom. The van der Waals surface area contributed by atoms with Crippen molar-refractivity contribution in [2.45, 2.75) is 44.4 Å². The molecule has 0 bridgehead atoms. The first-order valence-electron chi connectivity index (χ1n) is 12.8. The lowest BCUT2D eigenvalue weighted by Gasteiger charge is -2.23. The van der Waals surface area contributed by atoms with E-state index in [4.69, 9.17) is 16.7 Å². The number of sulfonamides is 1. The summed E-state index contributed by atoms with van der Waals surface area (Å²) in [4.78, 5) is 0.109. The normalized spacial score (nSPS) is 12.8. The number of halogens is 1. The van der Waals surface area contributed by atoms with E-state index in [0.717, 1.165) is 35.4 Å². The summed E-state index contributed by atoms with van der Waals surface area (Å²) >= 11 is 6.51. The molecule has 0 saturated heterocycles. The van der Waals surface area contributed by atoms with Gasteiger partial charge in [-0.05, 0) is 66.8 Å². The van der Waals surface area contributed by atoms with Crippen molar-refractivity contribution in [1.29, 1.82) is 0 Å². The van der Waals surface area contributed by atoms with Gasteiger partial charge in [0.2, 0.25) is 10.0 Å². The van der Waals surface area contributed by atoms with Gasteiger partial charge in [0.15, 0.2) is 0 Å². The van der Waals surface area contributed by atoms with Crippen molar-refractivity contribution in [3.8, 4) is 11.1 Å². The molecule has 0 aliphatic carbocycles. The van der Waals surface area contributed by atoms with Crippen molar-refractivity contribution in [2.75, 3.05) is 5.32 Å². The lowest BCUT2D eigenvalue weighted by atomic mass is 9.84. The van der Waals surface area contributed by atoms with E-state index in [-0.39, 0.29) is 10.8 Å². The second-order valence-corrected chi connectivity index (χ2v) is 11.3. The molecule has 0 heterocycles. The van der Waals surface area contributed by atoms with E-state index in [1.54, 1.807) is 18.2 Å². The zero-order valence-corrected chi connectivity index (χ0v) is 23.5. The van der Waals surface area contributed by atoms with Crippen molar-refractivity contribution < 1.29 is 8.42 Å². The molecular formula is C32H33ClN2O2S. The molecule has 38 heavy (non-hydrogen) atoms. The molecular weight excluding hydrogens is 512 g/mol. The van der Waals surface area contributed by atoms with Crippen LogP contribution in [0.1, 0.15) is 54.9 Å². The summed E-state index contributed by atoms with van der Waals surface area (Å²) in [5.74, 6) is 0.223. The molecule has 3 N–H and O–H groups in total. The van der Waals surface area contributed by atoms with Crippen molar-refractivity contribution in [3.05, 3.63) is 124 Å². The summed E-state index contributed by atoms with van der Waals surface area (Å²) < 4.78 is 24.2. The minimum Gasteiger partial charge on any atom is -0.355 e. The molecule has 1 unspecified atom stereocenters. The van der Waals surface area contributed by atoms with Gasteiger partial charge in [-0.15, -0.1) is 0 Å². The van der Waals surface area contributed by atoms with Gasteiger partial charge in [-0.25, -0.2) is 13.6 Å². The highest BCUT2D eigenvalue weighted by atomic mass is 35.5. The SMILES string of the molecule is CCC=C(Nc1ccc(-c2ccccc2S(N)(=O)=O)cc1)c1cc(Cl)ccc1C(CC)c1cccc(C)c1. The number of benzene rings is 4. The first kappa shape index (κ1) is 27.6. The average Bonchev–Trinajstić information content (AvgIpc) is 2.90. The van der Waals surface area contributed by atoms with Gasteiger partial charge < -0.3 is 5.32 Å². The number of primary sulfonamides is 1. The molecule has 4 aromatic carbocycles. The van der Waals surface area contributed by atoms with Crippen LogP contribution in [-0.2, 0) is 10.0 Å². The molecule has 0 radical (unpaired) electrons. The second-order valence-electron chi connectivity index (χ2n) is 9.38. The highest BCUT2D eigenvalue weighted by molar-refractivity contribution is 7.89. The number of nitrogens with two attached hydrogens (primary N) is 1. The molecule has 0 aliphatic heterocycles. The quantitative estimate of drug-likeness (QED) is 0.222. The van der Waals surface area contributed by atoms with Crippen LogP contribution in [0.4, 0.5) is 5.69 Å². The van der Waals surface area contributed by atoms with Gasteiger partial charge in [0.1, 0.15) is 0 Å². The van der Waals surface area contributed by atoms with Gasteiger partial charge in [-0.3, -0.25) is 0 Å². The van der Waals surface area contributed by atoms with Crippen LogP contribution in [0.5, 0.6) is 0 Å². The van der Waals surface area contributed by atoms with Crippen LogP contribution in [0.15, 0.2) is 102 Å². The minimum atomic E-state index is -3.84. The van der Waals surface area contributed by atoms with Crippen LogP contribution in [0.25, 0.3) is 16.8 Å². The third-order valence-corrected chi connectivity index (χ3v) is 7.81. The van der Waals surface area contributed by atoms with Crippen LogP contribution < -0.4 is 10.5 Å². The maximum Gasteiger partial charge on any atom is 0.238 e. The van der Waals surface area contributed by atoms with E-state index in [2.05, 4.69) is 62.5 Å². The molecule has 196 valence electrons. The third-order valence-electron chi connectivity index (χ3n) is 6.61. The Kier molecular flexibility index (Phi) is 8.72. The Bertz CT molecular complexity index is 1560. The van der Waals surface area contributed by atoms with Crippen LogP contribution in [0.2, 0.25) is 5.02 Å². The summed E-state index contributed by atoms with van der Waals surface area (Å²) in [5.41, 5.74) is 8.02. The Balaban J connectivity index is 1.71. The topological polar surface area (TPSA) is 72.2 Å². The fraction of sp³-hybridized carbons (Fsp3) is 0.188. The van der Waals surface area contributed by atoms with Crippen LogP contribution in [0, 0.1) is 6.92 Å². The molecule has 1 atom stereocenters. The monoisotopic (exact) mass is 544 g/mol. The van der Waals surface area contributed by atoms with E-state index in [0.29, 0.717) is 10.6 Å². The van der Waals surface area contributed by atoms with Crippen molar-refractivity contribution in [3.63, 3.8) is 0 Å². The first-order chi connectivity index (χ1) is 18.2. The van der Waals surface area contributed by atoms with Gasteiger partial charge in [-0.1, -0.05) is 97.8 Å². The van der Waals surface area contributed by atoms with Crippen LogP contribution in [0.3, 0.4) is 0 Å². The van der Waals surface area contributed by atoms with E-state index < -0.39 is 10.0 Å². The van der Waals surface area contributed by atoms with Crippen molar-refractivity contribution >= 4 is 33.0 Å². The number of anilines is 1. The Labute approximate surface area is 231 Å². The summed E-state index contributed by atoms with van der Waals surface area (Å²) in [5, 5.41) is 9.71. The molecule has 0 aromatic heterocycles. The Morgan fingerprint density at radius 2 is 1.68 bits per heavy atom. The Hall–Kier alpha value is -3.38. The van der Waals surface area contributed by atoms with E-state index in [1.165, 1.54) is 22.8 Å². The van der Waals surface area contributed by atoms with Crippen molar-refractivity contribution in [2.24, 2.45) is 5.14 Å². The highest BCUT2D eigenvalue weighted by Gasteiger charge is 2.19. The van der Waals surface area contributed by atoms with Crippen LogP contribution >= 0.6 is 11.6 Å². The fourth-order valence-electron chi connectivity index (χ4n) is 4.86. The molecule has 0 saturated carbocycles. The molecule has 4 nitrogen and oxygen atoms in total. The lowest BCUT2D eigenvalue weighted by Crippen LogP contribution is -2.13. The first-order valence-corrected chi connectivity index (χ1v) is 14.7. The Morgan fingerprint density at radius 3 is 2.34 bits per heavy atom. The molecule has 0 fully saturated rings. The van der Waals surface area contributed by atoms with E-state index >= 15 is 0 Å². The largest absolute Gasteiger partial charge is 0.355 e. The lowest BCUT2D eigenvalue weighted by molar-refractivity contribution is 0.598. The third kappa shape index (κ3) is 6.36. The zero-order valence-electron chi connectivity index (χ0n) is 21.9. The van der Waals surface area contributed by atoms with Gasteiger partial charge >= 0.3 is 0 Å². The zero-order chi connectivity index (χ0) is 27.3. The number of nitrogens with one attached hydrogen (secondary N) is 1. The molecule has 0 aliphatic rings. The van der Waals surface area contributed by atoms with Gasteiger partial charge in [0, 0.05) is 33.5 Å². The number of hydrogen-bond donors (Lipinski definition) is 2. The van der Waals surface area contributed by atoms with E-state index in [9.17, 15) is 8.42 Å². The smallest absolute Gasteiger partial charge is 0.238 e.